The molecule has 1 N–H and O–H groups in total. The molecule has 1 heterocycles. The van der Waals surface area contributed by atoms with Crippen LogP contribution in [-0.4, -0.2) is 71.2 Å². The van der Waals surface area contributed by atoms with E-state index < -0.39 is 78.4 Å². The number of esters is 4. The molecule has 1 saturated heterocycles. The van der Waals surface area contributed by atoms with Gasteiger partial charge in [-0.2, -0.15) is 0 Å². The van der Waals surface area contributed by atoms with Crippen LogP contribution in [0.15, 0.2) is 18.2 Å². The van der Waals surface area contributed by atoms with E-state index in [2.05, 4.69) is 0 Å². The SMILES string of the molecule is CC(=O)OC[C@H]1O[C@@H](Oc2ccc(CO)cc2[N+](=O)[O-])C(OC(C)=O)[C@@H](OC(C)=O)[C@H]1OC(C)=O. The van der Waals surface area contributed by atoms with E-state index in [0.29, 0.717) is 0 Å². The first-order valence-corrected chi connectivity index (χ1v) is 10.3. The van der Waals surface area contributed by atoms with Crippen LogP contribution in [0.4, 0.5) is 5.69 Å². The summed E-state index contributed by atoms with van der Waals surface area (Å²) >= 11 is 0. The minimum Gasteiger partial charge on any atom is -0.463 e. The minimum atomic E-state index is -1.63. The Balaban J connectivity index is 2.55. The van der Waals surface area contributed by atoms with E-state index in [1.54, 1.807) is 0 Å². The van der Waals surface area contributed by atoms with Gasteiger partial charge in [-0.1, -0.05) is 6.07 Å². The summed E-state index contributed by atoms with van der Waals surface area (Å²) < 4.78 is 32.1. The number of hydrogen-bond donors (Lipinski definition) is 1. The molecule has 0 aliphatic carbocycles. The van der Waals surface area contributed by atoms with Gasteiger partial charge in [-0.05, 0) is 11.6 Å². The van der Waals surface area contributed by atoms with Crippen molar-refractivity contribution in [3.63, 3.8) is 0 Å². The third-order valence-electron chi connectivity index (χ3n) is 4.59. The molecule has 0 aromatic heterocycles. The van der Waals surface area contributed by atoms with Crippen molar-refractivity contribution >= 4 is 29.6 Å². The fourth-order valence-electron chi connectivity index (χ4n) is 3.31. The third kappa shape index (κ3) is 7.61. The molecule has 192 valence electrons. The van der Waals surface area contributed by atoms with Gasteiger partial charge in [0.2, 0.25) is 12.4 Å². The number of aliphatic hydroxyl groups is 1. The molecule has 1 fully saturated rings. The van der Waals surface area contributed by atoms with Gasteiger partial charge in [-0.15, -0.1) is 0 Å². The number of hydrogen-bond acceptors (Lipinski definition) is 13. The van der Waals surface area contributed by atoms with Crippen LogP contribution in [-0.2, 0) is 49.5 Å². The zero-order valence-electron chi connectivity index (χ0n) is 19.3. The van der Waals surface area contributed by atoms with Crippen molar-refractivity contribution in [1.29, 1.82) is 0 Å². The molecule has 1 aliphatic heterocycles. The Bertz CT molecular complexity index is 978. The zero-order chi connectivity index (χ0) is 26.3. The lowest BCUT2D eigenvalue weighted by atomic mass is 9.98. The van der Waals surface area contributed by atoms with E-state index in [0.717, 1.165) is 33.8 Å². The predicted molar refractivity (Wildman–Crippen MR) is 112 cm³/mol. The molecular formula is C21H25NO13. The average Bonchev–Trinajstić information content (AvgIpc) is 2.75. The lowest BCUT2D eigenvalue weighted by Crippen LogP contribution is -2.63. The Morgan fingerprint density at radius 3 is 2.03 bits per heavy atom. The first-order valence-electron chi connectivity index (χ1n) is 10.3. The molecule has 0 bridgehead atoms. The molecule has 1 aliphatic rings. The highest BCUT2D eigenvalue weighted by atomic mass is 16.7. The van der Waals surface area contributed by atoms with Gasteiger partial charge in [0, 0.05) is 33.8 Å². The highest BCUT2D eigenvalue weighted by Gasteiger charge is 2.53. The maximum absolute atomic E-state index is 11.8. The standard InChI is InChI=1S/C21H25NO13/c1-10(24)30-9-17-18(31-11(2)25)19(32-12(3)26)20(33-13(4)27)21(35-17)34-16-6-5-14(8-23)7-15(16)22(28)29/h5-7,17-21,23H,8-9H2,1-4H3/t17-,18+,19+,20?,21-/m1/s1. The summed E-state index contributed by atoms with van der Waals surface area (Å²) in [5.74, 6) is -3.52. The van der Waals surface area contributed by atoms with Crippen molar-refractivity contribution in [2.24, 2.45) is 0 Å². The molecule has 0 spiro atoms. The molecule has 14 nitrogen and oxygen atoms in total. The average molecular weight is 499 g/mol. The van der Waals surface area contributed by atoms with Gasteiger partial charge in [0.1, 0.15) is 12.7 Å². The van der Waals surface area contributed by atoms with Crippen LogP contribution in [0.25, 0.3) is 0 Å². The largest absolute Gasteiger partial charge is 0.463 e. The lowest BCUT2D eigenvalue weighted by Gasteiger charge is -2.43. The summed E-state index contributed by atoms with van der Waals surface area (Å²) in [4.78, 5) is 57.6. The topological polar surface area (TPSA) is 187 Å². The second kappa shape index (κ2) is 12.1. The fraction of sp³-hybridized carbons (Fsp3) is 0.524. The van der Waals surface area contributed by atoms with Gasteiger partial charge >= 0.3 is 29.6 Å². The molecule has 0 saturated carbocycles. The number of nitro groups is 1. The number of nitrogens with zero attached hydrogens (tertiary/aromatic N) is 1. The van der Waals surface area contributed by atoms with E-state index in [9.17, 15) is 34.4 Å². The van der Waals surface area contributed by atoms with Gasteiger partial charge in [0.15, 0.2) is 18.0 Å². The summed E-state index contributed by atoms with van der Waals surface area (Å²) in [6.45, 7) is 3.34. The Labute approximate surface area is 199 Å². The van der Waals surface area contributed by atoms with E-state index in [1.165, 1.54) is 12.1 Å². The maximum Gasteiger partial charge on any atom is 0.311 e. The van der Waals surface area contributed by atoms with Crippen LogP contribution >= 0.6 is 0 Å². The van der Waals surface area contributed by atoms with Crippen LogP contribution in [0.2, 0.25) is 0 Å². The van der Waals surface area contributed by atoms with Crippen LogP contribution in [0.5, 0.6) is 5.75 Å². The Kier molecular flexibility index (Phi) is 9.48. The molecule has 1 aromatic carbocycles. The summed E-state index contributed by atoms with van der Waals surface area (Å²) in [6.07, 6.45) is -7.34. The molecule has 5 atom stereocenters. The second-order valence-corrected chi connectivity index (χ2v) is 7.40. The molecule has 1 aromatic rings. The lowest BCUT2D eigenvalue weighted by molar-refractivity contribution is -0.387. The number of benzene rings is 1. The van der Waals surface area contributed by atoms with Gasteiger partial charge in [0.25, 0.3) is 0 Å². The molecule has 35 heavy (non-hydrogen) atoms. The second-order valence-electron chi connectivity index (χ2n) is 7.40. The van der Waals surface area contributed by atoms with Gasteiger partial charge in [0.05, 0.1) is 11.5 Å². The van der Waals surface area contributed by atoms with Crippen molar-refractivity contribution in [2.45, 2.75) is 65.0 Å². The van der Waals surface area contributed by atoms with Crippen molar-refractivity contribution in [3.8, 4) is 5.75 Å². The van der Waals surface area contributed by atoms with E-state index in [1.807, 2.05) is 0 Å². The van der Waals surface area contributed by atoms with E-state index in [-0.39, 0.29) is 11.3 Å². The van der Waals surface area contributed by atoms with Gasteiger partial charge in [-0.25, -0.2) is 0 Å². The molecule has 1 unspecified atom stereocenters. The maximum atomic E-state index is 11.8. The van der Waals surface area contributed by atoms with Crippen LogP contribution in [0, 0.1) is 10.1 Å². The third-order valence-corrected chi connectivity index (χ3v) is 4.59. The Morgan fingerprint density at radius 1 is 0.943 bits per heavy atom. The van der Waals surface area contributed by atoms with Gasteiger partial charge < -0.3 is 33.5 Å². The van der Waals surface area contributed by atoms with E-state index in [4.69, 9.17) is 28.4 Å². The van der Waals surface area contributed by atoms with Crippen molar-refractivity contribution in [3.05, 3.63) is 33.9 Å². The number of ether oxygens (including phenoxy) is 6. The molecule has 2 rings (SSSR count). The normalized spacial score (nSPS) is 23.5. The highest BCUT2D eigenvalue weighted by Crippen LogP contribution is 2.34. The molecule has 0 amide bonds. The first kappa shape index (κ1) is 27.5. The highest BCUT2D eigenvalue weighted by molar-refractivity contribution is 5.68. The minimum absolute atomic E-state index is 0.227. The van der Waals surface area contributed by atoms with Gasteiger partial charge in [-0.3, -0.25) is 29.3 Å². The van der Waals surface area contributed by atoms with Crippen LogP contribution < -0.4 is 4.74 Å². The quantitative estimate of drug-likeness (QED) is 0.215. The zero-order valence-corrected chi connectivity index (χ0v) is 19.3. The number of rotatable bonds is 9. The van der Waals surface area contributed by atoms with Crippen molar-refractivity contribution in [1.82, 2.24) is 0 Å². The molecular weight excluding hydrogens is 474 g/mol. The number of carbonyl (C=O) groups is 4. The number of carbonyl (C=O) groups excluding carboxylic acids is 4. The summed E-state index contributed by atoms with van der Waals surface area (Å²) in [5.41, 5.74) is -0.310. The summed E-state index contributed by atoms with van der Waals surface area (Å²) in [6, 6.07) is 3.62. The van der Waals surface area contributed by atoms with Crippen LogP contribution in [0.3, 0.4) is 0 Å². The predicted octanol–water partition coefficient (Wildman–Crippen LogP) is 0.549. The van der Waals surface area contributed by atoms with Crippen molar-refractivity contribution in [2.75, 3.05) is 6.61 Å². The van der Waals surface area contributed by atoms with E-state index >= 15 is 0 Å². The Hall–Kier alpha value is -3.78. The number of nitro benzene ring substituents is 1. The number of aliphatic hydroxyl groups excluding tert-OH is 1. The molecule has 14 heteroatoms. The Morgan fingerprint density at radius 2 is 1.51 bits per heavy atom. The summed E-state index contributed by atoms with van der Waals surface area (Å²) in [7, 11) is 0. The van der Waals surface area contributed by atoms with Crippen LogP contribution in [0.1, 0.15) is 33.3 Å². The fourth-order valence-corrected chi connectivity index (χ4v) is 3.31. The molecule has 0 radical (unpaired) electrons. The monoisotopic (exact) mass is 499 g/mol. The van der Waals surface area contributed by atoms with Crippen molar-refractivity contribution < 1.29 is 57.6 Å². The first-order chi connectivity index (χ1) is 16.4. The smallest absolute Gasteiger partial charge is 0.311 e. The summed E-state index contributed by atoms with van der Waals surface area (Å²) in [5, 5.41) is 20.8.